The molecule has 2 rings (SSSR count). The van der Waals surface area contributed by atoms with Crippen LogP contribution in [0.3, 0.4) is 0 Å². The Morgan fingerprint density at radius 3 is 2.85 bits per heavy atom. The van der Waals surface area contributed by atoms with Crippen LogP contribution in [0.5, 0.6) is 5.75 Å². The van der Waals surface area contributed by atoms with E-state index in [2.05, 4.69) is 4.98 Å². The summed E-state index contributed by atoms with van der Waals surface area (Å²) < 4.78 is 9.95. The van der Waals surface area contributed by atoms with Crippen LogP contribution in [-0.2, 0) is 10.3 Å². The van der Waals surface area contributed by atoms with Crippen LogP contribution >= 0.6 is 0 Å². The van der Waals surface area contributed by atoms with Gasteiger partial charge in [0.15, 0.2) is 0 Å². The van der Waals surface area contributed by atoms with Crippen molar-refractivity contribution in [2.45, 2.75) is 5.60 Å². The Morgan fingerprint density at radius 1 is 1.54 bits per heavy atom. The van der Waals surface area contributed by atoms with E-state index in [0.29, 0.717) is 19.0 Å². The van der Waals surface area contributed by atoms with Crippen LogP contribution < -0.4 is 4.74 Å². The van der Waals surface area contributed by atoms with Crippen LogP contribution in [0, 0.1) is 0 Å². The first-order valence-corrected chi connectivity index (χ1v) is 4.04. The number of nitrogens with zero attached hydrogens (tertiary/aromatic N) is 1. The first kappa shape index (κ1) is 8.47. The van der Waals surface area contributed by atoms with E-state index in [1.54, 1.807) is 25.6 Å². The summed E-state index contributed by atoms with van der Waals surface area (Å²) in [5.74, 6) is 0.651. The zero-order valence-electron chi connectivity index (χ0n) is 7.36. The highest BCUT2D eigenvalue weighted by Gasteiger charge is 2.38. The molecule has 13 heavy (non-hydrogen) atoms. The highest BCUT2D eigenvalue weighted by Crippen LogP contribution is 2.30. The molecule has 1 aromatic heterocycles. The fourth-order valence-corrected chi connectivity index (χ4v) is 1.25. The third-order valence-corrected chi connectivity index (χ3v) is 2.17. The van der Waals surface area contributed by atoms with Crippen molar-refractivity contribution in [1.82, 2.24) is 4.98 Å². The number of hydrogen-bond donors (Lipinski definition) is 1. The lowest BCUT2D eigenvalue weighted by Gasteiger charge is -2.36. The monoisotopic (exact) mass is 181 g/mol. The normalized spacial score (nSPS) is 19.2. The molecule has 0 aliphatic carbocycles. The first-order chi connectivity index (χ1) is 6.24. The fraction of sp³-hybridized carbons (Fsp3) is 0.444. The molecule has 1 aromatic rings. The SMILES string of the molecule is COc1cncc(C2(O)COC2)c1. The molecule has 0 bridgehead atoms. The molecule has 0 aromatic carbocycles. The molecule has 1 aliphatic heterocycles. The molecule has 0 unspecified atom stereocenters. The van der Waals surface area contributed by atoms with Crippen molar-refractivity contribution >= 4 is 0 Å². The molecule has 0 saturated carbocycles. The van der Waals surface area contributed by atoms with E-state index in [1.165, 1.54) is 0 Å². The molecule has 1 saturated heterocycles. The maximum absolute atomic E-state index is 9.88. The zero-order chi connectivity index (χ0) is 9.31. The Balaban J connectivity index is 2.29. The lowest BCUT2D eigenvalue weighted by molar-refractivity contribution is -0.184. The van der Waals surface area contributed by atoms with Crippen LogP contribution in [-0.4, -0.2) is 30.4 Å². The van der Waals surface area contributed by atoms with Crippen molar-refractivity contribution in [3.05, 3.63) is 24.0 Å². The van der Waals surface area contributed by atoms with E-state index in [1.807, 2.05) is 0 Å². The van der Waals surface area contributed by atoms with Crippen molar-refractivity contribution in [3.8, 4) is 5.75 Å². The van der Waals surface area contributed by atoms with Gasteiger partial charge in [0.05, 0.1) is 26.5 Å². The third-order valence-electron chi connectivity index (χ3n) is 2.17. The quantitative estimate of drug-likeness (QED) is 0.713. The minimum atomic E-state index is -0.860. The molecule has 1 N–H and O–H groups in total. The first-order valence-electron chi connectivity index (χ1n) is 4.04. The van der Waals surface area contributed by atoms with Gasteiger partial charge in [-0.2, -0.15) is 0 Å². The minimum absolute atomic E-state index is 0.335. The molecule has 1 aliphatic rings. The second-order valence-corrected chi connectivity index (χ2v) is 3.14. The summed E-state index contributed by atoms with van der Waals surface area (Å²) in [6.45, 7) is 0.670. The maximum atomic E-state index is 9.88. The van der Waals surface area contributed by atoms with Crippen LogP contribution in [0.1, 0.15) is 5.56 Å². The van der Waals surface area contributed by atoms with Crippen molar-refractivity contribution in [1.29, 1.82) is 0 Å². The molecule has 70 valence electrons. The average molecular weight is 181 g/mol. The second-order valence-electron chi connectivity index (χ2n) is 3.14. The number of aromatic nitrogens is 1. The van der Waals surface area contributed by atoms with Gasteiger partial charge in [-0.05, 0) is 6.07 Å². The Kier molecular flexibility index (Phi) is 1.94. The molecular formula is C9H11NO3. The summed E-state index contributed by atoms with van der Waals surface area (Å²) in [5.41, 5.74) is -0.111. The highest BCUT2D eigenvalue weighted by atomic mass is 16.5. The van der Waals surface area contributed by atoms with E-state index in [0.717, 1.165) is 5.56 Å². The summed E-state index contributed by atoms with van der Waals surface area (Å²) in [4.78, 5) is 3.96. The maximum Gasteiger partial charge on any atom is 0.138 e. The standard InChI is InChI=1S/C9H11NO3/c1-12-8-2-7(3-10-4-8)9(11)5-13-6-9/h2-4,11H,5-6H2,1H3. The van der Waals surface area contributed by atoms with E-state index < -0.39 is 5.60 Å². The molecule has 1 fully saturated rings. The van der Waals surface area contributed by atoms with Crippen LogP contribution in [0.15, 0.2) is 18.5 Å². The van der Waals surface area contributed by atoms with Crippen LogP contribution in [0.2, 0.25) is 0 Å². The fourth-order valence-electron chi connectivity index (χ4n) is 1.25. The number of pyridine rings is 1. The zero-order valence-corrected chi connectivity index (χ0v) is 7.36. The number of methoxy groups -OCH3 is 1. The molecule has 0 spiro atoms. The average Bonchev–Trinajstić information content (AvgIpc) is 2.14. The van der Waals surface area contributed by atoms with Crippen molar-refractivity contribution in [2.75, 3.05) is 20.3 Å². The summed E-state index contributed by atoms with van der Waals surface area (Å²) in [6, 6.07) is 1.77. The van der Waals surface area contributed by atoms with Gasteiger partial charge in [0, 0.05) is 11.8 Å². The Labute approximate surface area is 76.1 Å². The van der Waals surface area contributed by atoms with Gasteiger partial charge in [-0.1, -0.05) is 0 Å². The number of rotatable bonds is 2. The van der Waals surface area contributed by atoms with Gasteiger partial charge in [-0.25, -0.2) is 0 Å². The van der Waals surface area contributed by atoms with Gasteiger partial charge >= 0.3 is 0 Å². The third kappa shape index (κ3) is 1.38. The van der Waals surface area contributed by atoms with E-state index in [9.17, 15) is 5.11 Å². The molecule has 4 nitrogen and oxygen atoms in total. The van der Waals surface area contributed by atoms with Gasteiger partial charge in [0.2, 0.25) is 0 Å². The number of ether oxygens (including phenoxy) is 2. The molecule has 0 radical (unpaired) electrons. The summed E-state index contributed by atoms with van der Waals surface area (Å²) >= 11 is 0. The summed E-state index contributed by atoms with van der Waals surface area (Å²) in [7, 11) is 1.57. The predicted octanol–water partition coefficient (Wildman–Crippen LogP) is 0.308. The van der Waals surface area contributed by atoms with Gasteiger partial charge in [0.25, 0.3) is 0 Å². The summed E-state index contributed by atoms with van der Waals surface area (Å²) in [6.07, 6.45) is 3.23. The number of aliphatic hydroxyl groups is 1. The Morgan fingerprint density at radius 2 is 2.31 bits per heavy atom. The predicted molar refractivity (Wildman–Crippen MR) is 45.5 cm³/mol. The molecule has 0 amide bonds. The summed E-state index contributed by atoms with van der Waals surface area (Å²) in [5, 5.41) is 9.88. The largest absolute Gasteiger partial charge is 0.495 e. The molecule has 0 atom stereocenters. The van der Waals surface area contributed by atoms with Crippen molar-refractivity contribution in [2.24, 2.45) is 0 Å². The van der Waals surface area contributed by atoms with Crippen molar-refractivity contribution < 1.29 is 14.6 Å². The molecule has 2 heterocycles. The minimum Gasteiger partial charge on any atom is -0.495 e. The van der Waals surface area contributed by atoms with E-state index >= 15 is 0 Å². The molecule has 4 heteroatoms. The van der Waals surface area contributed by atoms with Crippen molar-refractivity contribution in [3.63, 3.8) is 0 Å². The van der Waals surface area contributed by atoms with Gasteiger partial charge in [-0.15, -0.1) is 0 Å². The molecular weight excluding hydrogens is 170 g/mol. The Hall–Kier alpha value is -1.13. The van der Waals surface area contributed by atoms with Crippen LogP contribution in [0.25, 0.3) is 0 Å². The lowest BCUT2D eigenvalue weighted by Crippen LogP contribution is -2.46. The van der Waals surface area contributed by atoms with Gasteiger partial charge in [0.1, 0.15) is 11.4 Å². The highest BCUT2D eigenvalue weighted by molar-refractivity contribution is 5.29. The van der Waals surface area contributed by atoms with Crippen LogP contribution in [0.4, 0.5) is 0 Å². The number of hydrogen-bond acceptors (Lipinski definition) is 4. The van der Waals surface area contributed by atoms with Gasteiger partial charge in [-0.3, -0.25) is 4.98 Å². The van der Waals surface area contributed by atoms with E-state index in [4.69, 9.17) is 9.47 Å². The lowest BCUT2D eigenvalue weighted by atomic mass is 9.94. The van der Waals surface area contributed by atoms with Gasteiger partial charge < -0.3 is 14.6 Å². The van der Waals surface area contributed by atoms with E-state index in [-0.39, 0.29) is 0 Å². The Bertz CT molecular complexity index is 309. The second kappa shape index (κ2) is 2.97. The smallest absolute Gasteiger partial charge is 0.138 e. The topological polar surface area (TPSA) is 51.6 Å².